The molecule has 0 atom stereocenters. The average Bonchev–Trinajstić information content (AvgIpc) is 2.36. The molecule has 0 N–H and O–H groups in total. The van der Waals surface area contributed by atoms with Gasteiger partial charge in [0.25, 0.3) is 0 Å². The maximum atomic E-state index is 13.3. The first-order valence-electron chi connectivity index (χ1n) is 5.67. The Balaban J connectivity index is 2.45. The van der Waals surface area contributed by atoms with Gasteiger partial charge in [0, 0.05) is 18.2 Å². The molecule has 0 saturated carbocycles. The number of thioether (sulfide) groups is 1. The summed E-state index contributed by atoms with van der Waals surface area (Å²) in [4.78, 5) is 22.9. The van der Waals surface area contributed by atoms with Gasteiger partial charge >= 0.3 is 5.97 Å². The summed E-state index contributed by atoms with van der Waals surface area (Å²) in [6.07, 6.45) is 1.62. The van der Waals surface area contributed by atoms with Crippen LogP contribution in [0.15, 0.2) is 18.2 Å². The van der Waals surface area contributed by atoms with Gasteiger partial charge in [-0.1, -0.05) is 0 Å². The van der Waals surface area contributed by atoms with Crippen molar-refractivity contribution in [2.24, 2.45) is 0 Å². The number of ketones is 1. The largest absolute Gasteiger partial charge is 0.465 e. The molecule has 0 saturated heterocycles. The van der Waals surface area contributed by atoms with E-state index in [9.17, 15) is 18.4 Å². The molecule has 0 aliphatic carbocycles. The zero-order chi connectivity index (χ0) is 14.3. The first-order chi connectivity index (χ1) is 9.04. The van der Waals surface area contributed by atoms with Crippen molar-refractivity contribution in [3.05, 3.63) is 35.4 Å². The van der Waals surface area contributed by atoms with Gasteiger partial charge in [-0.2, -0.15) is 11.8 Å². The molecular formula is C13H14F2O3S. The second-order valence-electron chi connectivity index (χ2n) is 3.76. The van der Waals surface area contributed by atoms with Crippen LogP contribution < -0.4 is 0 Å². The fourth-order valence-corrected chi connectivity index (χ4v) is 1.63. The van der Waals surface area contributed by atoms with Crippen LogP contribution in [0.2, 0.25) is 0 Å². The van der Waals surface area contributed by atoms with Crippen molar-refractivity contribution in [1.29, 1.82) is 0 Å². The second-order valence-corrected chi connectivity index (χ2v) is 4.75. The Labute approximate surface area is 114 Å². The van der Waals surface area contributed by atoms with Crippen LogP contribution in [-0.2, 0) is 9.53 Å². The van der Waals surface area contributed by atoms with Crippen molar-refractivity contribution in [3.63, 3.8) is 0 Å². The predicted octanol–water partition coefficient (Wildman–Crippen LogP) is 2.83. The molecule has 0 aliphatic rings. The van der Waals surface area contributed by atoms with Crippen molar-refractivity contribution in [2.75, 3.05) is 18.6 Å². The van der Waals surface area contributed by atoms with E-state index in [2.05, 4.69) is 0 Å². The summed E-state index contributed by atoms with van der Waals surface area (Å²) in [5.41, 5.74) is -0.210. The lowest BCUT2D eigenvalue weighted by atomic mass is 10.1. The highest BCUT2D eigenvalue weighted by molar-refractivity contribution is 7.98. The lowest BCUT2D eigenvalue weighted by Gasteiger charge is -2.04. The Morgan fingerprint density at radius 2 is 2.00 bits per heavy atom. The van der Waals surface area contributed by atoms with E-state index in [0.29, 0.717) is 18.4 Å². The highest BCUT2D eigenvalue weighted by Gasteiger charge is 2.14. The Morgan fingerprint density at radius 1 is 1.26 bits per heavy atom. The van der Waals surface area contributed by atoms with E-state index in [-0.39, 0.29) is 18.4 Å². The van der Waals surface area contributed by atoms with Gasteiger partial charge < -0.3 is 4.74 Å². The summed E-state index contributed by atoms with van der Waals surface area (Å²) in [6.45, 7) is 0.291. The SMILES string of the molecule is CSCCOC(=O)CCC(=O)c1ccc(F)cc1F. The van der Waals surface area contributed by atoms with Crippen molar-refractivity contribution in [3.8, 4) is 0 Å². The molecule has 1 aromatic carbocycles. The molecular weight excluding hydrogens is 274 g/mol. The molecule has 0 unspecified atom stereocenters. The van der Waals surface area contributed by atoms with Crippen LogP contribution in [0.5, 0.6) is 0 Å². The molecule has 0 bridgehead atoms. The van der Waals surface area contributed by atoms with E-state index in [4.69, 9.17) is 4.74 Å². The topological polar surface area (TPSA) is 43.4 Å². The summed E-state index contributed by atoms with van der Waals surface area (Å²) >= 11 is 1.54. The molecule has 0 heterocycles. The normalized spacial score (nSPS) is 10.3. The fourth-order valence-electron chi connectivity index (χ4n) is 1.38. The third kappa shape index (κ3) is 5.38. The zero-order valence-electron chi connectivity index (χ0n) is 10.4. The molecule has 19 heavy (non-hydrogen) atoms. The van der Waals surface area contributed by atoms with Crippen LogP contribution in [0.25, 0.3) is 0 Å². The van der Waals surface area contributed by atoms with Crippen LogP contribution in [-0.4, -0.2) is 30.4 Å². The molecule has 0 radical (unpaired) electrons. The second kappa shape index (κ2) is 7.89. The highest BCUT2D eigenvalue weighted by Crippen LogP contribution is 2.13. The van der Waals surface area contributed by atoms with Crippen LogP contribution in [0.4, 0.5) is 8.78 Å². The molecule has 0 fully saturated rings. The lowest BCUT2D eigenvalue weighted by Crippen LogP contribution is -2.11. The quantitative estimate of drug-likeness (QED) is 0.439. The minimum absolute atomic E-state index is 0.107. The molecule has 1 aromatic rings. The van der Waals surface area contributed by atoms with E-state index in [1.54, 1.807) is 0 Å². The van der Waals surface area contributed by atoms with Gasteiger partial charge in [-0.3, -0.25) is 9.59 Å². The first kappa shape index (κ1) is 15.6. The number of Topliss-reactive ketones (excluding diaryl/α,β-unsaturated/α-hetero) is 1. The van der Waals surface area contributed by atoms with E-state index in [1.807, 2.05) is 6.26 Å². The molecule has 3 nitrogen and oxygen atoms in total. The minimum Gasteiger partial charge on any atom is -0.465 e. The molecule has 0 spiro atoms. The summed E-state index contributed by atoms with van der Waals surface area (Å²) in [7, 11) is 0. The van der Waals surface area contributed by atoms with Gasteiger partial charge in [-0.25, -0.2) is 8.78 Å². The van der Waals surface area contributed by atoms with Crippen molar-refractivity contribution in [2.45, 2.75) is 12.8 Å². The standard InChI is InChI=1S/C13H14F2O3S/c1-19-7-6-18-13(17)5-4-12(16)10-3-2-9(14)8-11(10)15/h2-3,8H,4-7H2,1H3. The summed E-state index contributed by atoms with van der Waals surface area (Å²) < 4.78 is 30.8. The van der Waals surface area contributed by atoms with E-state index < -0.39 is 23.4 Å². The number of carbonyl (C=O) groups excluding carboxylic acids is 2. The van der Waals surface area contributed by atoms with E-state index >= 15 is 0 Å². The van der Waals surface area contributed by atoms with Gasteiger partial charge in [0.2, 0.25) is 0 Å². The Kier molecular flexibility index (Phi) is 6.49. The first-order valence-corrected chi connectivity index (χ1v) is 7.06. The lowest BCUT2D eigenvalue weighted by molar-refractivity contribution is -0.142. The highest BCUT2D eigenvalue weighted by atomic mass is 32.2. The summed E-state index contributed by atoms with van der Waals surface area (Å²) in [5, 5.41) is 0. The summed E-state index contributed by atoms with van der Waals surface area (Å²) in [5.74, 6) is -2.01. The number of ether oxygens (including phenoxy) is 1. The molecule has 104 valence electrons. The Morgan fingerprint density at radius 3 is 2.63 bits per heavy atom. The number of rotatable bonds is 7. The van der Waals surface area contributed by atoms with Crippen LogP contribution in [0.3, 0.4) is 0 Å². The van der Waals surface area contributed by atoms with E-state index in [0.717, 1.165) is 12.1 Å². The van der Waals surface area contributed by atoms with Gasteiger partial charge in [0.05, 0.1) is 12.0 Å². The van der Waals surface area contributed by atoms with Gasteiger partial charge in [0.15, 0.2) is 5.78 Å². The number of hydrogen-bond acceptors (Lipinski definition) is 4. The molecule has 1 rings (SSSR count). The van der Waals surface area contributed by atoms with Crippen LogP contribution in [0.1, 0.15) is 23.2 Å². The van der Waals surface area contributed by atoms with Gasteiger partial charge in [-0.05, 0) is 18.4 Å². The van der Waals surface area contributed by atoms with Crippen molar-refractivity contribution in [1.82, 2.24) is 0 Å². The number of carbonyl (C=O) groups is 2. The van der Waals surface area contributed by atoms with Gasteiger partial charge in [-0.15, -0.1) is 0 Å². The Hall–Kier alpha value is -1.43. The maximum absolute atomic E-state index is 13.3. The monoisotopic (exact) mass is 288 g/mol. The third-order valence-electron chi connectivity index (χ3n) is 2.34. The van der Waals surface area contributed by atoms with Gasteiger partial charge in [0.1, 0.15) is 18.2 Å². The molecule has 0 aromatic heterocycles. The number of halogens is 2. The number of benzene rings is 1. The number of esters is 1. The van der Waals surface area contributed by atoms with Crippen LogP contribution >= 0.6 is 11.8 Å². The molecule has 0 aliphatic heterocycles. The number of hydrogen-bond donors (Lipinski definition) is 0. The third-order valence-corrected chi connectivity index (χ3v) is 2.91. The van der Waals surface area contributed by atoms with Crippen molar-refractivity contribution >= 4 is 23.5 Å². The molecule has 6 heteroatoms. The zero-order valence-corrected chi connectivity index (χ0v) is 11.3. The minimum atomic E-state index is -0.916. The van der Waals surface area contributed by atoms with E-state index in [1.165, 1.54) is 11.8 Å². The van der Waals surface area contributed by atoms with Crippen LogP contribution in [0, 0.1) is 11.6 Å². The summed E-state index contributed by atoms with van der Waals surface area (Å²) in [6, 6.07) is 2.73. The fraction of sp³-hybridized carbons (Fsp3) is 0.385. The smallest absolute Gasteiger partial charge is 0.306 e. The predicted molar refractivity (Wildman–Crippen MR) is 69.3 cm³/mol. The Bertz CT molecular complexity index is 463. The molecule has 0 amide bonds. The van der Waals surface area contributed by atoms with Crippen molar-refractivity contribution < 1.29 is 23.1 Å². The average molecular weight is 288 g/mol. The maximum Gasteiger partial charge on any atom is 0.306 e.